The van der Waals surface area contributed by atoms with Gasteiger partial charge in [0.1, 0.15) is 0 Å². The summed E-state index contributed by atoms with van der Waals surface area (Å²) in [6.07, 6.45) is 8.14. The van der Waals surface area contributed by atoms with Gasteiger partial charge in [0.15, 0.2) is 0 Å². The minimum absolute atomic E-state index is 0.137. The Morgan fingerprint density at radius 2 is 2.17 bits per heavy atom. The van der Waals surface area contributed by atoms with E-state index in [-0.39, 0.29) is 6.04 Å². The molecular weight excluding hydrogens is 154 g/mol. The van der Waals surface area contributed by atoms with E-state index in [1.807, 2.05) is 5.92 Å². The molecule has 0 saturated heterocycles. The fraction of sp³-hybridized carbons (Fsp3) is 0.667. The first kappa shape index (κ1) is 9.08. The van der Waals surface area contributed by atoms with Crippen molar-refractivity contribution in [1.82, 2.24) is 5.32 Å². The van der Waals surface area contributed by atoms with Crippen molar-refractivity contribution in [3.63, 3.8) is 0 Å². The summed E-state index contributed by atoms with van der Waals surface area (Å²) in [6.45, 7) is 0. The second kappa shape index (κ2) is 4.13. The molecule has 1 saturated carbocycles. The van der Waals surface area contributed by atoms with Crippen LogP contribution in [-0.4, -0.2) is 23.2 Å². The smallest absolute Gasteiger partial charge is 0.295 e. The molecule has 0 radical (unpaired) electrons. The molecule has 0 aromatic carbocycles. The zero-order chi connectivity index (χ0) is 8.97. The minimum Gasteiger partial charge on any atom is -0.391 e. The van der Waals surface area contributed by atoms with Crippen molar-refractivity contribution >= 4 is 5.91 Å². The zero-order valence-corrected chi connectivity index (χ0v) is 6.92. The van der Waals surface area contributed by atoms with Crippen LogP contribution in [0.4, 0.5) is 0 Å². The van der Waals surface area contributed by atoms with Gasteiger partial charge in [0, 0.05) is 0 Å². The predicted octanol–water partition coefficient (Wildman–Crippen LogP) is 0.0393. The normalized spacial score (nSPS) is 29.0. The Morgan fingerprint density at radius 1 is 1.50 bits per heavy atom. The van der Waals surface area contributed by atoms with E-state index in [2.05, 4.69) is 5.32 Å². The number of nitrogens with one attached hydrogen (secondary N) is 1. The van der Waals surface area contributed by atoms with Crippen LogP contribution in [0.5, 0.6) is 0 Å². The average Bonchev–Trinajstić information content (AvgIpc) is 2.09. The maximum absolute atomic E-state index is 10.8. The molecule has 0 spiro atoms. The first-order chi connectivity index (χ1) is 5.74. The fourth-order valence-electron chi connectivity index (χ4n) is 1.49. The van der Waals surface area contributed by atoms with Gasteiger partial charge in [0.2, 0.25) is 0 Å². The van der Waals surface area contributed by atoms with Gasteiger partial charge in [-0.2, -0.15) is 0 Å². The molecule has 3 heteroatoms. The predicted molar refractivity (Wildman–Crippen MR) is 45.2 cm³/mol. The molecule has 1 fully saturated rings. The van der Waals surface area contributed by atoms with E-state index in [1.165, 1.54) is 0 Å². The maximum atomic E-state index is 10.8. The second-order valence-corrected chi connectivity index (χ2v) is 3.08. The van der Waals surface area contributed by atoms with Gasteiger partial charge >= 0.3 is 0 Å². The molecule has 0 aliphatic heterocycles. The van der Waals surface area contributed by atoms with Crippen molar-refractivity contribution in [3.8, 4) is 12.3 Å². The summed E-state index contributed by atoms with van der Waals surface area (Å²) in [5, 5.41) is 12.0. The van der Waals surface area contributed by atoms with E-state index in [0.717, 1.165) is 25.7 Å². The van der Waals surface area contributed by atoms with E-state index in [1.54, 1.807) is 0 Å². The molecule has 0 aromatic heterocycles. The number of aliphatic hydroxyl groups excluding tert-OH is 1. The highest BCUT2D eigenvalue weighted by molar-refractivity contribution is 5.93. The Labute approximate surface area is 72.2 Å². The molecule has 1 amide bonds. The van der Waals surface area contributed by atoms with Crippen LogP contribution >= 0.6 is 0 Å². The zero-order valence-electron chi connectivity index (χ0n) is 6.92. The summed E-state index contributed by atoms with van der Waals surface area (Å²) in [7, 11) is 0. The van der Waals surface area contributed by atoms with Gasteiger partial charge in [-0.25, -0.2) is 0 Å². The highest BCUT2D eigenvalue weighted by Crippen LogP contribution is 2.17. The molecule has 0 heterocycles. The van der Waals surface area contributed by atoms with E-state index in [0.29, 0.717) is 0 Å². The molecule has 0 aromatic rings. The highest BCUT2D eigenvalue weighted by Gasteiger charge is 2.23. The molecule has 0 unspecified atom stereocenters. The number of carbonyl (C=O) groups excluding carboxylic acids is 1. The van der Waals surface area contributed by atoms with Crippen LogP contribution in [0.25, 0.3) is 0 Å². The van der Waals surface area contributed by atoms with Crippen molar-refractivity contribution in [3.05, 3.63) is 0 Å². The second-order valence-electron chi connectivity index (χ2n) is 3.08. The summed E-state index contributed by atoms with van der Waals surface area (Å²) in [5.41, 5.74) is 0. The van der Waals surface area contributed by atoms with Crippen LogP contribution in [0.15, 0.2) is 0 Å². The topological polar surface area (TPSA) is 49.3 Å². The summed E-state index contributed by atoms with van der Waals surface area (Å²) in [5.74, 6) is 1.54. The first-order valence-electron chi connectivity index (χ1n) is 4.19. The molecule has 1 aliphatic carbocycles. The first-order valence-corrected chi connectivity index (χ1v) is 4.19. The fourth-order valence-corrected chi connectivity index (χ4v) is 1.49. The van der Waals surface area contributed by atoms with Crippen molar-refractivity contribution < 1.29 is 9.90 Å². The Kier molecular flexibility index (Phi) is 3.12. The largest absolute Gasteiger partial charge is 0.391 e. The Morgan fingerprint density at radius 3 is 2.75 bits per heavy atom. The highest BCUT2D eigenvalue weighted by atomic mass is 16.3. The van der Waals surface area contributed by atoms with Crippen molar-refractivity contribution in [1.29, 1.82) is 0 Å². The molecule has 3 nitrogen and oxygen atoms in total. The number of terminal acetylenes is 1. The lowest BCUT2D eigenvalue weighted by Crippen LogP contribution is -2.44. The quantitative estimate of drug-likeness (QED) is 0.542. The van der Waals surface area contributed by atoms with Crippen LogP contribution in [0.3, 0.4) is 0 Å². The van der Waals surface area contributed by atoms with Crippen LogP contribution in [0.1, 0.15) is 25.7 Å². The molecular formula is C9H13NO2. The van der Waals surface area contributed by atoms with Gasteiger partial charge < -0.3 is 10.4 Å². The molecule has 0 bridgehead atoms. The third-order valence-corrected chi connectivity index (χ3v) is 2.18. The van der Waals surface area contributed by atoms with Gasteiger partial charge in [-0.3, -0.25) is 4.79 Å². The van der Waals surface area contributed by atoms with Gasteiger partial charge in [-0.05, 0) is 18.8 Å². The Hall–Kier alpha value is -1.01. The number of rotatable bonds is 1. The third-order valence-electron chi connectivity index (χ3n) is 2.18. The number of hydrogen-bond acceptors (Lipinski definition) is 2. The van der Waals surface area contributed by atoms with Crippen molar-refractivity contribution in [2.45, 2.75) is 37.8 Å². The molecule has 2 N–H and O–H groups in total. The van der Waals surface area contributed by atoms with E-state index in [4.69, 9.17) is 6.42 Å². The summed E-state index contributed by atoms with van der Waals surface area (Å²) >= 11 is 0. The van der Waals surface area contributed by atoms with E-state index < -0.39 is 12.0 Å². The lowest BCUT2D eigenvalue weighted by Gasteiger charge is -2.27. The number of hydrogen-bond donors (Lipinski definition) is 2. The number of carbonyl (C=O) groups is 1. The average molecular weight is 167 g/mol. The molecule has 12 heavy (non-hydrogen) atoms. The number of aliphatic hydroxyl groups is 1. The molecule has 66 valence electrons. The number of amides is 1. The van der Waals surface area contributed by atoms with E-state index in [9.17, 15) is 9.90 Å². The minimum atomic E-state index is -0.430. The molecule has 1 aliphatic rings. The van der Waals surface area contributed by atoms with Crippen LogP contribution in [-0.2, 0) is 4.79 Å². The Balaban J connectivity index is 2.40. The summed E-state index contributed by atoms with van der Waals surface area (Å²) in [6, 6.07) is -0.137. The van der Waals surface area contributed by atoms with Crippen LogP contribution in [0.2, 0.25) is 0 Å². The summed E-state index contributed by atoms with van der Waals surface area (Å²) < 4.78 is 0. The van der Waals surface area contributed by atoms with Gasteiger partial charge in [0.05, 0.1) is 12.1 Å². The third kappa shape index (κ3) is 2.24. The SMILES string of the molecule is C#CC(=O)N[C@H]1CCCC[C@@H]1O. The van der Waals surface area contributed by atoms with E-state index >= 15 is 0 Å². The van der Waals surface area contributed by atoms with Gasteiger partial charge in [0.25, 0.3) is 5.91 Å². The van der Waals surface area contributed by atoms with Crippen LogP contribution in [0, 0.1) is 12.3 Å². The van der Waals surface area contributed by atoms with Crippen LogP contribution < -0.4 is 5.32 Å². The van der Waals surface area contributed by atoms with Gasteiger partial charge in [-0.15, -0.1) is 6.42 Å². The standard InChI is InChI=1S/C9H13NO2/c1-2-9(12)10-7-5-3-4-6-8(7)11/h1,7-8,11H,3-6H2,(H,10,12)/t7-,8-/m0/s1. The molecule has 1 rings (SSSR count). The Bertz CT molecular complexity index is 207. The van der Waals surface area contributed by atoms with Crippen molar-refractivity contribution in [2.75, 3.05) is 0 Å². The van der Waals surface area contributed by atoms with Gasteiger partial charge in [-0.1, -0.05) is 12.8 Å². The maximum Gasteiger partial charge on any atom is 0.295 e. The lowest BCUT2D eigenvalue weighted by molar-refractivity contribution is -0.117. The van der Waals surface area contributed by atoms with Crippen molar-refractivity contribution in [2.24, 2.45) is 0 Å². The monoisotopic (exact) mass is 167 g/mol. The molecule has 2 atom stereocenters. The lowest BCUT2D eigenvalue weighted by atomic mass is 9.92. The summed E-state index contributed by atoms with van der Waals surface area (Å²) in [4.78, 5) is 10.8.